The molecule has 1 atom stereocenters. The van der Waals surface area contributed by atoms with Gasteiger partial charge in [0.1, 0.15) is 5.15 Å². The molecule has 20 heavy (non-hydrogen) atoms. The number of pyridine rings is 1. The summed E-state index contributed by atoms with van der Waals surface area (Å²) >= 11 is 11.6. The minimum absolute atomic E-state index is 0.0152. The second-order valence-electron chi connectivity index (χ2n) is 4.64. The number of carbonyl (C=O) groups is 1. The van der Waals surface area contributed by atoms with Gasteiger partial charge in [-0.25, -0.2) is 13.4 Å². The molecule has 1 aliphatic rings. The van der Waals surface area contributed by atoms with E-state index in [1.165, 1.54) is 12.3 Å². The van der Waals surface area contributed by atoms with Crippen molar-refractivity contribution in [1.82, 2.24) is 9.88 Å². The molecule has 1 aliphatic heterocycles. The first-order chi connectivity index (χ1) is 9.34. The molecule has 0 spiro atoms. The molecule has 5 nitrogen and oxygen atoms in total. The van der Waals surface area contributed by atoms with Gasteiger partial charge in [-0.05, 0) is 19.4 Å². The zero-order valence-corrected chi connectivity index (χ0v) is 13.2. The highest BCUT2D eigenvalue weighted by Gasteiger charge is 2.34. The van der Waals surface area contributed by atoms with Crippen LogP contribution in [0, 0.1) is 0 Å². The molecule has 0 aliphatic carbocycles. The molecule has 1 fully saturated rings. The lowest BCUT2D eigenvalue weighted by Crippen LogP contribution is -2.41. The average Bonchev–Trinajstić information content (AvgIpc) is 2.74. The topological polar surface area (TPSA) is 67.3 Å². The third-order valence-corrected chi connectivity index (χ3v) is 5.73. The number of halogens is 2. The van der Waals surface area contributed by atoms with Crippen LogP contribution in [-0.4, -0.2) is 48.3 Å². The molecule has 0 aromatic carbocycles. The predicted octanol–water partition coefficient (Wildman–Crippen LogP) is 2.04. The standard InChI is InChI=1S/C12H14Cl2N2O3S/c1-2-16(9-3-4-20(18,19)7-9)12(17)8-5-10(13)11(14)15-6-8/h5-6,9H,2-4,7H2,1H3. The molecule has 1 amide bonds. The van der Waals surface area contributed by atoms with Crippen LogP contribution >= 0.6 is 23.2 Å². The Kier molecular flexibility index (Phi) is 4.56. The van der Waals surface area contributed by atoms with E-state index in [1.54, 1.807) is 4.90 Å². The van der Waals surface area contributed by atoms with Gasteiger partial charge in [0.15, 0.2) is 9.84 Å². The summed E-state index contributed by atoms with van der Waals surface area (Å²) in [5, 5.41) is 0.335. The summed E-state index contributed by atoms with van der Waals surface area (Å²) in [6.07, 6.45) is 1.82. The van der Waals surface area contributed by atoms with Gasteiger partial charge in [0, 0.05) is 18.8 Å². The first-order valence-electron chi connectivity index (χ1n) is 6.16. The van der Waals surface area contributed by atoms with Crippen molar-refractivity contribution in [3.8, 4) is 0 Å². The highest BCUT2D eigenvalue weighted by Crippen LogP contribution is 2.23. The van der Waals surface area contributed by atoms with Crippen LogP contribution in [-0.2, 0) is 9.84 Å². The second kappa shape index (κ2) is 5.87. The fourth-order valence-corrected chi connectivity index (χ4v) is 4.29. The van der Waals surface area contributed by atoms with Crippen LogP contribution in [0.15, 0.2) is 12.3 Å². The Morgan fingerprint density at radius 3 is 2.70 bits per heavy atom. The largest absolute Gasteiger partial charge is 0.335 e. The Balaban J connectivity index is 2.23. The van der Waals surface area contributed by atoms with E-state index in [0.29, 0.717) is 18.5 Å². The smallest absolute Gasteiger partial charge is 0.255 e. The monoisotopic (exact) mass is 336 g/mol. The fourth-order valence-electron chi connectivity index (χ4n) is 2.29. The number of hydrogen-bond acceptors (Lipinski definition) is 4. The summed E-state index contributed by atoms with van der Waals surface area (Å²) in [6.45, 7) is 2.24. The molecule has 2 heterocycles. The zero-order chi connectivity index (χ0) is 14.9. The van der Waals surface area contributed by atoms with Gasteiger partial charge in [0.05, 0.1) is 22.1 Å². The van der Waals surface area contributed by atoms with Gasteiger partial charge < -0.3 is 4.90 Å². The van der Waals surface area contributed by atoms with E-state index >= 15 is 0 Å². The molecule has 1 saturated heterocycles. The van der Waals surface area contributed by atoms with E-state index in [0.717, 1.165) is 0 Å². The number of nitrogens with zero attached hydrogens (tertiary/aromatic N) is 2. The molecule has 0 radical (unpaired) electrons. The first kappa shape index (κ1) is 15.5. The van der Waals surface area contributed by atoms with E-state index in [2.05, 4.69) is 4.98 Å². The van der Waals surface area contributed by atoms with E-state index in [9.17, 15) is 13.2 Å². The SMILES string of the molecule is CCN(C(=O)c1cnc(Cl)c(Cl)c1)C1CCS(=O)(=O)C1. The van der Waals surface area contributed by atoms with Crippen molar-refractivity contribution >= 4 is 38.9 Å². The molecule has 8 heteroatoms. The number of amides is 1. The first-order valence-corrected chi connectivity index (χ1v) is 8.74. The number of rotatable bonds is 3. The maximum Gasteiger partial charge on any atom is 0.255 e. The number of aromatic nitrogens is 1. The van der Waals surface area contributed by atoms with Crippen LogP contribution in [0.3, 0.4) is 0 Å². The van der Waals surface area contributed by atoms with Crippen LogP contribution in [0.5, 0.6) is 0 Å². The van der Waals surface area contributed by atoms with Gasteiger partial charge in [-0.1, -0.05) is 23.2 Å². The highest BCUT2D eigenvalue weighted by molar-refractivity contribution is 7.91. The quantitative estimate of drug-likeness (QED) is 0.792. The number of carbonyl (C=O) groups excluding carboxylic acids is 1. The molecule has 0 saturated carbocycles. The Morgan fingerprint density at radius 1 is 1.50 bits per heavy atom. The molecule has 1 aromatic rings. The Bertz CT molecular complexity index is 634. The Labute approximate surface area is 127 Å². The molecule has 110 valence electrons. The maximum absolute atomic E-state index is 12.4. The van der Waals surface area contributed by atoms with Crippen molar-refractivity contribution in [2.24, 2.45) is 0 Å². The minimum Gasteiger partial charge on any atom is -0.335 e. The lowest BCUT2D eigenvalue weighted by molar-refractivity contribution is 0.0708. The molecule has 0 N–H and O–H groups in total. The van der Waals surface area contributed by atoms with Crippen molar-refractivity contribution in [1.29, 1.82) is 0 Å². The van der Waals surface area contributed by atoms with E-state index in [-0.39, 0.29) is 33.6 Å². The third-order valence-electron chi connectivity index (χ3n) is 3.29. The second-order valence-corrected chi connectivity index (χ2v) is 7.64. The fraction of sp³-hybridized carbons (Fsp3) is 0.500. The van der Waals surface area contributed by atoms with Gasteiger partial charge in [-0.2, -0.15) is 0 Å². The Morgan fingerprint density at radius 2 is 2.20 bits per heavy atom. The van der Waals surface area contributed by atoms with E-state index in [1.807, 2.05) is 6.92 Å². The maximum atomic E-state index is 12.4. The summed E-state index contributed by atoms with van der Waals surface area (Å²) in [6, 6.07) is 1.16. The minimum atomic E-state index is -3.04. The van der Waals surface area contributed by atoms with Crippen LogP contribution in [0.4, 0.5) is 0 Å². The van der Waals surface area contributed by atoms with Gasteiger partial charge in [0.2, 0.25) is 0 Å². The number of hydrogen-bond donors (Lipinski definition) is 0. The van der Waals surface area contributed by atoms with Crippen LogP contribution in [0.1, 0.15) is 23.7 Å². The predicted molar refractivity (Wildman–Crippen MR) is 78.0 cm³/mol. The van der Waals surface area contributed by atoms with Crippen LogP contribution in [0.2, 0.25) is 10.2 Å². The number of sulfone groups is 1. The normalized spacial score (nSPS) is 20.9. The van der Waals surface area contributed by atoms with Gasteiger partial charge >= 0.3 is 0 Å². The summed E-state index contributed by atoms with van der Waals surface area (Å²) in [4.78, 5) is 17.8. The van der Waals surface area contributed by atoms with Gasteiger partial charge in [-0.15, -0.1) is 0 Å². The molecule has 1 aromatic heterocycles. The average molecular weight is 337 g/mol. The lowest BCUT2D eigenvalue weighted by atomic mass is 10.1. The van der Waals surface area contributed by atoms with Crippen molar-refractivity contribution in [3.05, 3.63) is 28.0 Å². The zero-order valence-electron chi connectivity index (χ0n) is 10.8. The van der Waals surface area contributed by atoms with Gasteiger partial charge in [-0.3, -0.25) is 4.79 Å². The van der Waals surface area contributed by atoms with E-state index < -0.39 is 9.84 Å². The summed E-state index contributed by atoms with van der Waals surface area (Å²) in [5.41, 5.74) is 0.311. The lowest BCUT2D eigenvalue weighted by Gasteiger charge is -2.26. The summed E-state index contributed by atoms with van der Waals surface area (Å²) in [5.74, 6) is -0.136. The van der Waals surface area contributed by atoms with Crippen molar-refractivity contribution in [3.63, 3.8) is 0 Å². The molecule has 1 unspecified atom stereocenters. The van der Waals surface area contributed by atoms with Crippen molar-refractivity contribution < 1.29 is 13.2 Å². The summed E-state index contributed by atoms with van der Waals surface area (Å²) < 4.78 is 23.1. The molecule has 2 rings (SSSR count). The summed E-state index contributed by atoms with van der Waals surface area (Å²) in [7, 11) is -3.04. The van der Waals surface area contributed by atoms with Crippen molar-refractivity contribution in [2.75, 3.05) is 18.1 Å². The van der Waals surface area contributed by atoms with E-state index in [4.69, 9.17) is 23.2 Å². The van der Waals surface area contributed by atoms with Crippen molar-refractivity contribution in [2.45, 2.75) is 19.4 Å². The third kappa shape index (κ3) is 3.24. The molecular weight excluding hydrogens is 323 g/mol. The highest BCUT2D eigenvalue weighted by atomic mass is 35.5. The van der Waals surface area contributed by atoms with Crippen LogP contribution < -0.4 is 0 Å². The van der Waals surface area contributed by atoms with Crippen LogP contribution in [0.25, 0.3) is 0 Å². The molecular formula is C12H14Cl2N2O3S. The van der Waals surface area contributed by atoms with Gasteiger partial charge in [0.25, 0.3) is 5.91 Å². The Hall–Kier alpha value is -0.850. The molecule has 0 bridgehead atoms.